The number of benzene rings is 1. The molecule has 0 aliphatic carbocycles. The molecule has 2 aromatic rings. The van der Waals surface area contributed by atoms with Gasteiger partial charge in [0.05, 0.1) is 11.8 Å². The van der Waals surface area contributed by atoms with Gasteiger partial charge in [0.1, 0.15) is 6.73 Å². The fourth-order valence-electron chi connectivity index (χ4n) is 1.97. The van der Waals surface area contributed by atoms with Crippen molar-refractivity contribution in [2.45, 2.75) is 38.6 Å². The van der Waals surface area contributed by atoms with E-state index in [0.717, 1.165) is 23.7 Å². The molecular weight excluding hydrogens is 321 g/mol. The molecular formula is C16H21F3N2OSi. The van der Waals surface area contributed by atoms with E-state index in [9.17, 15) is 13.2 Å². The van der Waals surface area contributed by atoms with Crippen LogP contribution in [0, 0.1) is 0 Å². The minimum Gasteiger partial charge on any atom is -0.360 e. The molecule has 1 aromatic carbocycles. The van der Waals surface area contributed by atoms with Crippen molar-refractivity contribution in [1.82, 2.24) is 9.78 Å². The normalized spacial score (nSPS) is 12.6. The maximum Gasteiger partial charge on any atom is 0.416 e. The third kappa shape index (κ3) is 5.51. The maximum absolute atomic E-state index is 12.6. The summed E-state index contributed by atoms with van der Waals surface area (Å²) in [5.74, 6) is 0. The predicted molar refractivity (Wildman–Crippen MR) is 86.8 cm³/mol. The van der Waals surface area contributed by atoms with Crippen LogP contribution in [0.15, 0.2) is 36.7 Å². The summed E-state index contributed by atoms with van der Waals surface area (Å²) in [6.45, 7) is 7.91. The van der Waals surface area contributed by atoms with E-state index in [1.165, 1.54) is 12.1 Å². The fraction of sp³-hybridized carbons (Fsp3) is 0.438. The van der Waals surface area contributed by atoms with Gasteiger partial charge in [0, 0.05) is 26.4 Å². The van der Waals surface area contributed by atoms with Gasteiger partial charge in [-0.15, -0.1) is 0 Å². The molecule has 0 fully saturated rings. The number of ether oxygens (including phenoxy) is 1. The van der Waals surface area contributed by atoms with E-state index >= 15 is 0 Å². The van der Waals surface area contributed by atoms with Gasteiger partial charge in [-0.1, -0.05) is 31.8 Å². The zero-order chi connectivity index (χ0) is 17.1. The van der Waals surface area contributed by atoms with Crippen LogP contribution in [0.25, 0.3) is 11.1 Å². The molecule has 0 amide bonds. The molecule has 0 aliphatic rings. The Bertz CT molecular complexity index is 630. The van der Waals surface area contributed by atoms with Crippen molar-refractivity contribution < 1.29 is 17.9 Å². The SMILES string of the molecule is C[Si](C)(C)CCOCn1cc(-c2ccc(C(F)(F)F)cc2)cn1. The standard InChI is InChI=1S/C16H21F3N2OSi/c1-23(2,3)9-8-22-12-21-11-14(10-20-21)13-4-6-15(7-5-13)16(17,18)19/h4-7,10-11H,8-9,12H2,1-3H3. The lowest BCUT2D eigenvalue weighted by atomic mass is 10.1. The molecule has 0 saturated carbocycles. The predicted octanol–water partition coefficient (Wildman–Crippen LogP) is 4.88. The van der Waals surface area contributed by atoms with Gasteiger partial charge in [-0.2, -0.15) is 18.3 Å². The van der Waals surface area contributed by atoms with Gasteiger partial charge >= 0.3 is 6.18 Å². The average molecular weight is 342 g/mol. The lowest BCUT2D eigenvalue weighted by Crippen LogP contribution is -2.22. The van der Waals surface area contributed by atoms with Crippen LogP contribution in [-0.2, 0) is 17.6 Å². The molecule has 1 aromatic heterocycles. The number of hydrogen-bond acceptors (Lipinski definition) is 2. The zero-order valence-corrected chi connectivity index (χ0v) is 14.5. The van der Waals surface area contributed by atoms with Gasteiger partial charge < -0.3 is 4.74 Å². The summed E-state index contributed by atoms with van der Waals surface area (Å²) in [5.41, 5.74) is 0.821. The molecule has 2 rings (SSSR count). The highest BCUT2D eigenvalue weighted by Crippen LogP contribution is 2.30. The summed E-state index contributed by atoms with van der Waals surface area (Å²) in [7, 11) is -1.11. The van der Waals surface area contributed by atoms with E-state index in [4.69, 9.17) is 4.74 Å². The Labute approximate surface area is 135 Å². The molecule has 23 heavy (non-hydrogen) atoms. The van der Waals surface area contributed by atoms with Crippen LogP contribution in [0.1, 0.15) is 5.56 Å². The van der Waals surface area contributed by atoms with Crippen LogP contribution in [0.4, 0.5) is 13.2 Å². The van der Waals surface area contributed by atoms with Gasteiger partial charge in [0.25, 0.3) is 0 Å². The lowest BCUT2D eigenvalue weighted by molar-refractivity contribution is -0.137. The Kier molecular flexibility index (Phi) is 5.31. The summed E-state index contributed by atoms with van der Waals surface area (Å²) in [6.07, 6.45) is -0.908. The minimum absolute atomic E-state index is 0.352. The van der Waals surface area contributed by atoms with Crippen molar-refractivity contribution in [1.29, 1.82) is 0 Å². The summed E-state index contributed by atoms with van der Waals surface area (Å²) in [6, 6.07) is 6.15. The summed E-state index contributed by atoms with van der Waals surface area (Å²) in [5, 5.41) is 4.18. The largest absolute Gasteiger partial charge is 0.416 e. The first-order chi connectivity index (χ1) is 10.6. The molecule has 0 saturated heterocycles. The van der Waals surface area contributed by atoms with E-state index in [1.54, 1.807) is 17.1 Å². The van der Waals surface area contributed by atoms with E-state index in [-0.39, 0.29) is 0 Å². The Balaban J connectivity index is 1.94. The van der Waals surface area contributed by atoms with Gasteiger partial charge in [0.15, 0.2) is 0 Å². The molecule has 0 radical (unpaired) electrons. The van der Waals surface area contributed by atoms with Gasteiger partial charge in [0.2, 0.25) is 0 Å². The fourth-order valence-corrected chi connectivity index (χ4v) is 2.73. The molecule has 0 aliphatic heterocycles. The zero-order valence-electron chi connectivity index (χ0n) is 13.5. The smallest absolute Gasteiger partial charge is 0.360 e. The molecule has 1 heterocycles. The first-order valence-electron chi connectivity index (χ1n) is 7.43. The molecule has 3 nitrogen and oxygen atoms in total. The van der Waals surface area contributed by atoms with Crippen molar-refractivity contribution in [3.05, 3.63) is 42.2 Å². The highest BCUT2D eigenvalue weighted by Gasteiger charge is 2.29. The van der Waals surface area contributed by atoms with Crippen molar-refractivity contribution in [2.24, 2.45) is 0 Å². The van der Waals surface area contributed by atoms with Crippen LogP contribution < -0.4 is 0 Å². The number of halogens is 3. The van der Waals surface area contributed by atoms with Crippen LogP contribution in [0.5, 0.6) is 0 Å². The monoisotopic (exact) mass is 342 g/mol. The second-order valence-electron chi connectivity index (χ2n) is 6.69. The number of alkyl halides is 3. The van der Waals surface area contributed by atoms with E-state index in [1.807, 2.05) is 0 Å². The van der Waals surface area contributed by atoms with Crippen molar-refractivity contribution in [3.63, 3.8) is 0 Å². The van der Waals surface area contributed by atoms with Crippen LogP contribution in [0.2, 0.25) is 25.7 Å². The molecule has 126 valence electrons. The summed E-state index contributed by atoms with van der Waals surface area (Å²) >= 11 is 0. The molecule has 7 heteroatoms. The minimum atomic E-state index is -4.31. The first kappa shape index (κ1) is 17.7. The third-order valence-electron chi connectivity index (χ3n) is 3.40. The Hall–Kier alpha value is -1.60. The number of aromatic nitrogens is 2. The topological polar surface area (TPSA) is 27.1 Å². The Morgan fingerprint density at radius 1 is 1.09 bits per heavy atom. The maximum atomic E-state index is 12.6. The molecule has 0 unspecified atom stereocenters. The number of hydrogen-bond donors (Lipinski definition) is 0. The second kappa shape index (κ2) is 6.88. The van der Waals surface area contributed by atoms with Crippen molar-refractivity contribution in [2.75, 3.05) is 6.61 Å². The van der Waals surface area contributed by atoms with Gasteiger partial charge in [-0.25, -0.2) is 4.68 Å². The Morgan fingerprint density at radius 2 is 1.74 bits per heavy atom. The van der Waals surface area contributed by atoms with Crippen LogP contribution in [0.3, 0.4) is 0 Å². The Morgan fingerprint density at radius 3 is 2.30 bits per heavy atom. The molecule has 0 bridgehead atoms. The van der Waals surface area contributed by atoms with E-state index in [2.05, 4.69) is 24.7 Å². The van der Waals surface area contributed by atoms with Crippen molar-refractivity contribution >= 4 is 8.07 Å². The van der Waals surface area contributed by atoms with Gasteiger partial charge in [-0.3, -0.25) is 0 Å². The van der Waals surface area contributed by atoms with Crippen LogP contribution in [-0.4, -0.2) is 24.5 Å². The van der Waals surface area contributed by atoms with Crippen molar-refractivity contribution in [3.8, 4) is 11.1 Å². The molecule has 0 N–H and O–H groups in total. The van der Waals surface area contributed by atoms with Gasteiger partial charge in [-0.05, 0) is 23.7 Å². The quantitative estimate of drug-likeness (QED) is 0.552. The highest BCUT2D eigenvalue weighted by molar-refractivity contribution is 6.76. The highest BCUT2D eigenvalue weighted by atomic mass is 28.3. The molecule has 0 atom stereocenters. The molecule has 0 spiro atoms. The average Bonchev–Trinajstić information content (AvgIpc) is 2.91. The second-order valence-corrected chi connectivity index (χ2v) is 12.3. The van der Waals surface area contributed by atoms with E-state index < -0.39 is 19.8 Å². The number of nitrogens with zero attached hydrogens (tertiary/aromatic N) is 2. The summed E-state index contributed by atoms with van der Waals surface area (Å²) < 4.78 is 44.9. The first-order valence-corrected chi connectivity index (χ1v) is 11.1. The lowest BCUT2D eigenvalue weighted by Gasteiger charge is -2.15. The number of rotatable bonds is 6. The summed E-state index contributed by atoms with van der Waals surface area (Å²) in [4.78, 5) is 0. The van der Waals surface area contributed by atoms with Crippen LogP contribution >= 0.6 is 0 Å². The third-order valence-corrected chi connectivity index (χ3v) is 5.10. The van der Waals surface area contributed by atoms with E-state index in [0.29, 0.717) is 18.9 Å².